The van der Waals surface area contributed by atoms with Crippen LogP contribution >= 0.6 is 24.0 Å². The molecule has 0 aromatic heterocycles. The van der Waals surface area contributed by atoms with Crippen LogP contribution in [0.1, 0.15) is 18.9 Å². The Labute approximate surface area is 190 Å². The van der Waals surface area contributed by atoms with E-state index in [4.69, 9.17) is 4.74 Å². The molecule has 29 heavy (non-hydrogen) atoms. The quantitative estimate of drug-likeness (QED) is 0.159. The molecule has 0 aliphatic carbocycles. The highest BCUT2D eigenvalue weighted by Crippen LogP contribution is 2.03. The van der Waals surface area contributed by atoms with Crippen LogP contribution in [0.5, 0.6) is 0 Å². The van der Waals surface area contributed by atoms with Crippen LogP contribution in [0.25, 0.3) is 0 Å². The SMILES string of the molecule is CCNC(=NCCN(C)CCCOC)NCCNC(=O)Cc1cccc(F)c1.I. The number of nitrogens with zero attached hydrogens (tertiary/aromatic N) is 2. The topological polar surface area (TPSA) is 78.0 Å². The molecule has 0 unspecified atom stereocenters. The van der Waals surface area contributed by atoms with Crippen molar-refractivity contribution < 1.29 is 13.9 Å². The fraction of sp³-hybridized carbons (Fsp3) is 0.600. The molecular weight excluding hydrogens is 488 g/mol. The van der Waals surface area contributed by atoms with Gasteiger partial charge in [0.2, 0.25) is 5.91 Å². The van der Waals surface area contributed by atoms with Crippen LogP contribution in [0.4, 0.5) is 4.39 Å². The minimum atomic E-state index is -0.331. The number of halogens is 2. The number of likely N-dealkylation sites (N-methyl/N-ethyl adjacent to an activating group) is 1. The number of ether oxygens (including phenoxy) is 1. The highest BCUT2D eigenvalue weighted by atomic mass is 127. The molecule has 0 heterocycles. The smallest absolute Gasteiger partial charge is 0.224 e. The Morgan fingerprint density at radius 3 is 2.66 bits per heavy atom. The van der Waals surface area contributed by atoms with Crippen molar-refractivity contribution in [1.82, 2.24) is 20.9 Å². The molecule has 1 aromatic rings. The predicted molar refractivity (Wildman–Crippen MR) is 127 cm³/mol. The van der Waals surface area contributed by atoms with Gasteiger partial charge in [0.15, 0.2) is 5.96 Å². The Hall–Kier alpha value is -1.46. The summed E-state index contributed by atoms with van der Waals surface area (Å²) in [6.07, 6.45) is 1.17. The molecule has 0 bridgehead atoms. The van der Waals surface area contributed by atoms with E-state index in [1.165, 1.54) is 12.1 Å². The first-order valence-corrected chi connectivity index (χ1v) is 9.76. The van der Waals surface area contributed by atoms with Crippen LogP contribution < -0.4 is 16.0 Å². The molecule has 1 amide bonds. The minimum Gasteiger partial charge on any atom is -0.385 e. The van der Waals surface area contributed by atoms with E-state index >= 15 is 0 Å². The van der Waals surface area contributed by atoms with E-state index in [1.807, 2.05) is 6.92 Å². The van der Waals surface area contributed by atoms with Crippen molar-refractivity contribution in [3.05, 3.63) is 35.6 Å². The molecule has 0 aliphatic heterocycles. The highest BCUT2D eigenvalue weighted by molar-refractivity contribution is 14.0. The van der Waals surface area contributed by atoms with Gasteiger partial charge in [0.05, 0.1) is 13.0 Å². The number of carbonyl (C=O) groups is 1. The Bertz CT molecular complexity index is 604. The number of carbonyl (C=O) groups excluding carboxylic acids is 1. The summed E-state index contributed by atoms with van der Waals surface area (Å²) in [5.74, 6) is 0.266. The van der Waals surface area contributed by atoms with Gasteiger partial charge in [-0.25, -0.2) is 4.39 Å². The zero-order valence-corrected chi connectivity index (χ0v) is 20.0. The summed E-state index contributed by atoms with van der Waals surface area (Å²) >= 11 is 0. The molecule has 0 atom stereocenters. The lowest BCUT2D eigenvalue weighted by atomic mass is 10.1. The van der Waals surface area contributed by atoms with Gasteiger partial charge in [-0.3, -0.25) is 9.79 Å². The first-order chi connectivity index (χ1) is 13.5. The predicted octanol–water partition coefficient (Wildman–Crippen LogP) is 1.63. The lowest BCUT2D eigenvalue weighted by Gasteiger charge is -2.16. The van der Waals surface area contributed by atoms with Gasteiger partial charge in [-0.1, -0.05) is 12.1 Å². The summed E-state index contributed by atoms with van der Waals surface area (Å²) in [4.78, 5) is 18.7. The lowest BCUT2D eigenvalue weighted by Crippen LogP contribution is -2.42. The molecule has 0 radical (unpaired) electrons. The van der Waals surface area contributed by atoms with E-state index in [9.17, 15) is 9.18 Å². The molecule has 9 heteroatoms. The molecule has 166 valence electrons. The summed E-state index contributed by atoms with van der Waals surface area (Å²) < 4.78 is 18.2. The fourth-order valence-corrected chi connectivity index (χ4v) is 2.54. The number of methoxy groups -OCH3 is 1. The maximum Gasteiger partial charge on any atom is 0.224 e. The largest absolute Gasteiger partial charge is 0.385 e. The zero-order chi connectivity index (χ0) is 20.6. The van der Waals surface area contributed by atoms with Crippen LogP contribution in [0.2, 0.25) is 0 Å². The van der Waals surface area contributed by atoms with Crippen molar-refractivity contribution >= 4 is 35.8 Å². The zero-order valence-electron chi connectivity index (χ0n) is 17.7. The summed E-state index contributed by atoms with van der Waals surface area (Å²) in [6, 6.07) is 6.08. The maximum atomic E-state index is 13.1. The van der Waals surface area contributed by atoms with Crippen molar-refractivity contribution in [2.45, 2.75) is 19.8 Å². The van der Waals surface area contributed by atoms with Gasteiger partial charge in [-0.2, -0.15) is 0 Å². The van der Waals surface area contributed by atoms with Crippen LogP contribution in [0.15, 0.2) is 29.3 Å². The number of amides is 1. The minimum absolute atomic E-state index is 0. The van der Waals surface area contributed by atoms with Crippen molar-refractivity contribution in [1.29, 1.82) is 0 Å². The number of benzene rings is 1. The number of guanidine groups is 1. The number of nitrogens with one attached hydrogen (secondary N) is 3. The van der Waals surface area contributed by atoms with E-state index in [-0.39, 0.29) is 42.1 Å². The second-order valence-electron chi connectivity index (χ2n) is 6.49. The monoisotopic (exact) mass is 523 g/mol. The summed E-state index contributed by atoms with van der Waals surface area (Å²) in [7, 11) is 3.78. The second kappa shape index (κ2) is 17.4. The molecule has 7 nitrogen and oxygen atoms in total. The molecule has 0 saturated heterocycles. The molecule has 1 rings (SSSR count). The van der Waals surface area contributed by atoms with Crippen molar-refractivity contribution in [2.24, 2.45) is 4.99 Å². The fourth-order valence-electron chi connectivity index (χ4n) is 2.54. The third-order valence-corrected chi connectivity index (χ3v) is 3.98. The van der Waals surface area contributed by atoms with Crippen molar-refractivity contribution in [2.75, 3.05) is 60.0 Å². The first-order valence-electron chi connectivity index (χ1n) is 9.76. The average molecular weight is 523 g/mol. The van der Waals surface area contributed by atoms with Crippen molar-refractivity contribution in [3.63, 3.8) is 0 Å². The molecule has 0 aliphatic rings. The molecule has 0 fully saturated rings. The van der Waals surface area contributed by atoms with Gasteiger partial charge in [0.1, 0.15) is 5.82 Å². The summed E-state index contributed by atoms with van der Waals surface area (Å²) in [6.45, 7) is 7.10. The Kier molecular flexibility index (Phi) is 16.5. The number of rotatable bonds is 13. The third-order valence-electron chi connectivity index (χ3n) is 3.98. The highest BCUT2D eigenvalue weighted by Gasteiger charge is 2.04. The summed E-state index contributed by atoms with van der Waals surface area (Å²) in [5, 5.41) is 9.21. The maximum absolute atomic E-state index is 13.1. The normalized spacial score (nSPS) is 11.1. The number of hydrogen-bond donors (Lipinski definition) is 3. The summed E-state index contributed by atoms with van der Waals surface area (Å²) in [5.41, 5.74) is 0.662. The van der Waals surface area contributed by atoms with Gasteiger partial charge < -0.3 is 25.6 Å². The molecular formula is C20H35FIN5O2. The molecule has 1 aromatic carbocycles. The van der Waals surface area contributed by atoms with Crippen LogP contribution in [-0.4, -0.2) is 76.8 Å². The Morgan fingerprint density at radius 1 is 1.21 bits per heavy atom. The first kappa shape index (κ1) is 27.5. The van der Waals surface area contributed by atoms with E-state index in [0.717, 1.165) is 38.6 Å². The standard InChI is InChI=1S/C20H34FN5O2.HI/c1-4-22-20(25-11-13-26(2)12-6-14-28-3)24-10-9-23-19(27)16-17-7-5-8-18(21)15-17;/h5,7-8,15H,4,6,9-14,16H2,1-3H3,(H,23,27)(H2,22,24,25);1H. The van der Waals surface area contributed by atoms with Gasteiger partial charge in [0, 0.05) is 46.4 Å². The van der Waals surface area contributed by atoms with E-state index < -0.39 is 0 Å². The van der Waals surface area contributed by atoms with Crippen LogP contribution in [-0.2, 0) is 16.0 Å². The van der Waals surface area contributed by atoms with Gasteiger partial charge in [-0.05, 0) is 38.1 Å². The molecule has 0 saturated carbocycles. The van der Waals surface area contributed by atoms with E-state index in [2.05, 4.69) is 32.9 Å². The lowest BCUT2D eigenvalue weighted by molar-refractivity contribution is -0.120. The van der Waals surface area contributed by atoms with Gasteiger partial charge in [0.25, 0.3) is 0 Å². The number of hydrogen-bond acceptors (Lipinski definition) is 4. The average Bonchev–Trinajstić information content (AvgIpc) is 2.65. The van der Waals surface area contributed by atoms with Crippen LogP contribution in [0, 0.1) is 5.82 Å². The Balaban J connectivity index is 0.00000784. The van der Waals surface area contributed by atoms with Crippen molar-refractivity contribution in [3.8, 4) is 0 Å². The van der Waals surface area contributed by atoms with Crippen LogP contribution in [0.3, 0.4) is 0 Å². The van der Waals surface area contributed by atoms with Gasteiger partial charge >= 0.3 is 0 Å². The molecule has 3 N–H and O–H groups in total. The van der Waals surface area contributed by atoms with E-state index in [1.54, 1.807) is 19.2 Å². The Morgan fingerprint density at radius 2 is 1.97 bits per heavy atom. The number of aliphatic imine (C=N–C) groups is 1. The van der Waals surface area contributed by atoms with Gasteiger partial charge in [-0.15, -0.1) is 24.0 Å². The third kappa shape index (κ3) is 14.2. The molecule has 0 spiro atoms. The van der Waals surface area contributed by atoms with E-state index in [0.29, 0.717) is 25.2 Å². The second-order valence-corrected chi connectivity index (χ2v) is 6.49.